The van der Waals surface area contributed by atoms with Crippen LogP contribution >= 0.6 is 11.6 Å². The summed E-state index contributed by atoms with van der Waals surface area (Å²) >= 11 is 6.23. The van der Waals surface area contributed by atoms with Crippen LogP contribution in [-0.4, -0.2) is 4.40 Å². The molecule has 2 heteroatoms. The van der Waals surface area contributed by atoms with Crippen molar-refractivity contribution in [1.29, 1.82) is 0 Å². The topological polar surface area (TPSA) is 4.41 Å². The van der Waals surface area contributed by atoms with Crippen LogP contribution in [0.25, 0.3) is 60.3 Å². The highest BCUT2D eigenvalue weighted by Crippen LogP contribution is 2.40. The average Bonchev–Trinajstić information content (AvgIpc) is 3.36. The molecule has 1 nitrogen and oxygen atoms in total. The molecule has 0 saturated carbocycles. The van der Waals surface area contributed by atoms with Crippen molar-refractivity contribution in [2.45, 2.75) is 0 Å². The third-order valence-electron chi connectivity index (χ3n) is 6.58. The molecule has 0 aliphatic rings. The number of benzene rings is 5. The SMILES string of the molecule is Clc1cccc(-c2cccc(-c3ccc4c5cccc6c7ccccc7n(c4c3)c65)c2)c1. The van der Waals surface area contributed by atoms with Crippen molar-refractivity contribution < 1.29 is 0 Å². The molecule has 0 bridgehead atoms. The quantitative estimate of drug-likeness (QED) is 0.259. The second-order valence-corrected chi connectivity index (χ2v) is 8.81. The number of halogens is 1. The van der Waals surface area contributed by atoms with E-state index in [1.165, 1.54) is 54.8 Å². The van der Waals surface area contributed by atoms with E-state index in [-0.39, 0.29) is 0 Å². The lowest BCUT2D eigenvalue weighted by Gasteiger charge is -2.07. The van der Waals surface area contributed by atoms with Gasteiger partial charge in [0.2, 0.25) is 0 Å². The molecular weight excluding hydrogens is 410 g/mol. The van der Waals surface area contributed by atoms with Gasteiger partial charge in [-0.05, 0) is 52.6 Å². The highest BCUT2D eigenvalue weighted by Gasteiger charge is 2.17. The minimum Gasteiger partial charge on any atom is -0.308 e. The maximum Gasteiger partial charge on any atom is 0.0620 e. The fourth-order valence-electron chi connectivity index (χ4n) is 5.16. The van der Waals surface area contributed by atoms with E-state index in [0.29, 0.717) is 0 Å². The Hall–Kier alpha value is -3.81. The number of aromatic nitrogens is 1. The van der Waals surface area contributed by atoms with Crippen LogP contribution < -0.4 is 0 Å². The summed E-state index contributed by atoms with van der Waals surface area (Å²) in [5.41, 5.74) is 8.55. The van der Waals surface area contributed by atoms with Gasteiger partial charge in [-0.25, -0.2) is 0 Å². The van der Waals surface area contributed by atoms with Crippen molar-refractivity contribution in [2.24, 2.45) is 0 Å². The zero-order valence-electron chi connectivity index (χ0n) is 17.2. The van der Waals surface area contributed by atoms with Crippen LogP contribution in [0.5, 0.6) is 0 Å². The number of fused-ring (bicyclic) bond motifs is 6. The van der Waals surface area contributed by atoms with Crippen molar-refractivity contribution in [2.75, 3.05) is 0 Å². The van der Waals surface area contributed by atoms with Gasteiger partial charge >= 0.3 is 0 Å². The number of hydrogen-bond donors (Lipinski definition) is 0. The lowest BCUT2D eigenvalue weighted by Crippen LogP contribution is -1.84. The van der Waals surface area contributed by atoms with Crippen LogP contribution in [-0.2, 0) is 0 Å². The molecule has 2 aromatic heterocycles. The Morgan fingerprint density at radius 2 is 1.03 bits per heavy atom. The Balaban J connectivity index is 1.50. The average molecular weight is 428 g/mol. The lowest BCUT2D eigenvalue weighted by atomic mass is 9.98. The standard InChI is InChI=1S/C30H18ClN/c31-23-9-4-8-21(17-23)19-6-3-7-20(16-19)22-14-15-25-27-12-5-11-26-24-10-1-2-13-28(24)32(30(26)27)29(25)18-22/h1-18H. The van der Waals surface area contributed by atoms with Crippen LogP contribution in [0.4, 0.5) is 0 Å². The normalized spacial score (nSPS) is 11.9. The molecule has 7 aromatic rings. The second kappa shape index (κ2) is 6.59. The van der Waals surface area contributed by atoms with Crippen molar-refractivity contribution in [3.63, 3.8) is 0 Å². The summed E-state index contributed by atoms with van der Waals surface area (Å²) in [5, 5.41) is 5.99. The minimum atomic E-state index is 0.756. The molecule has 0 atom stereocenters. The summed E-state index contributed by atoms with van der Waals surface area (Å²) in [6, 6.07) is 38.9. The van der Waals surface area contributed by atoms with E-state index in [0.717, 1.165) is 10.6 Å². The Kier molecular flexibility index (Phi) is 3.67. The van der Waals surface area contributed by atoms with E-state index in [1.54, 1.807) is 0 Å². The molecule has 0 unspecified atom stereocenters. The third-order valence-corrected chi connectivity index (χ3v) is 6.81. The Morgan fingerprint density at radius 3 is 1.81 bits per heavy atom. The van der Waals surface area contributed by atoms with E-state index in [9.17, 15) is 0 Å². The molecule has 0 aliphatic carbocycles. The molecule has 0 N–H and O–H groups in total. The number of hydrogen-bond acceptors (Lipinski definition) is 0. The van der Waals surface area contributed by atoms with Gasteiger partial charge in [-0.3, -0.25) is 0 Å². The molecule has 0 aliphatic heterocycles. The van der Waals surface area contributed by atoms with E-state index >= 15 is 0 Å². The molecule has 2 heterocycles. The zero-order valence-corrected chi connectivity index (χ0v) is 18.0. The molecule has 0 fully saturated rings. The highest BCUT2D eigenvalue weighted by atomic mass is 35.5. The van der Waals surface area contributed by atoms with E-state index < -0.39 is 0 Å². The van der Waals surface area contributed by atoms with E-state index in [1.807, 2.05) is 18.2 Å². The first-order valence-corrected chi connectivity index (χ1v) is 11.2. The Bertz CT molecular complexity index is 1790. The Labute approximate surface area is 190 Å². The zero-order chi connectivity index (χ0) is 21.2. The maximum absolute atomic E-state index is 6.23. The minimum absolute atomic E-state index is 0.756. The van der Waals surface area contributed by atoms with Gasteiger partial charge < -0.3 is 4.40 Å². The van der Waals surface area contributed by atoms with Crippen molar-refractivity contribution >= 4 is 49.7 Å². The molecule has 7 rings (SSSR count). The third kappa shape index (κ3) is 2.46. The van der Waals surface area contributed by atoms with Gasteiger partial charge in [0, 0.05) is 26.6 Å². The number of nitrogens with zero attached hydrogens (tertiary/aromatic N) is 1. The van der Waals surface area contributed by atoms with Crippen LogP contribution in [0.3, 0.4) is 0 Å². The van der Waals surface area contributed by atoms with Crippen molar-refractivity contribution in [3.8, 4) is 22.3 Å². The van der Waals surface area contributed by atoms with Gasteiger partial charge in [0.15, 0.2) is 0 Å². The van der Waals surface area contributed by atoms with E-state index in [2.05, 4.69) is 95.4 Å². The van der Waals surface area contributed by atoms with E-state index in [4.69, 9.17) is 11.6 Å². The maximum atomic E-state index is 6.23. The molecule has 32 heavy (non-hydrogen) atoms. The van der Waals surface area contributed by atoms with Crippen LogP contribution in [0.15, 0.2) is 109 Å². The van der Waals surface area contributed by atoms with Crippen molar-refractivity contribution in [3.05, 3.63) is 114 Å². The monoisotopic (exact) mass is 427 g/mol. The molecule has 0 amide bonds. The predicted molar refractivity (Wildman–Crippen MR) is 137 cm³/mol. The molecule has 150 valence electrons. The first-order valence-electron chi connectivity index (χ1n) is 10.8. The summed E-state index contributed by atoms with van der Waals surface area (Å²) in [6.07, 6.45) is 0. The summed E-state index contributed by atoms with van der Waals surface area (Å²) in [5.74, 6) is 0. The fourth-order valence-corrected chi connectivity index (χ4v) is 5.35. The predicted octanol–water partition coefficient (Wildman–Crippen LogP) is 8.82. The fraction of sp³-hybridized carbons (Fsp3) is 0. The summed E-state index contributed by atoms with van der Waals surface area (Å²) in [7, 11) is 0. The molecular formula is C30H18ClN. The van der Waals surface area contributed by atoms with Crippen LogP contribution in [0.1, 0.15) is 0 Å². The lowest BCUT2D eigenvalue weighted by molar-refractivity contribution is 1.37. The first kappa shape index (κ1) is 17.8. The van der Waals surface area contributed by atoms with Crippen LogP contribution in [0.2, 0.25) is 5.02 Å². The van der Waals surface area contributed by atoms with Gasteiger partial charge in [0.25, 0.3) is 0 Å². The number of rotatable bonds is 2. The molecule has 0 saturated heterocycles. The Morgan fingerprint density at radius 1 is 0.438 bits per heavy atom. The molecule has 5 aromatic carbocycles. The first-order chi connectivity index (χ1) is 15.8. The van der Waals surface area contributed by atoms with Crippen LogP contribution in [0, 0.1) is 0 Å². The van der Waals surface area contributed by atoms with Gasteiger partial charge in [-0.1, -0.05) is 90.5 Å². The highest BCUT2D eigenvalue weighted by molar-refractivity contribution is 6.30. The smallest absolute Gasteiger partial charge is 0.0620 e. The van der Waals surface area contributed by atoms with Crippen molar-refractivity contribution in [1.82, 2.24) is 4.40 Å². The van der Waals surface area contributed by atoms with Gasteiger partial charge in [0.1, 0.15) is 0 Å². The number of para-hydroxylation sites is 2. The van der Waals surface area contributed by atoms with Gasteiger partial charge in [-0.2, -0.15) is 0 Å². The summed E-state index contributed by atoms with van der Waals surface area (Å²) < 4.78 is 2.43. The summed E-state index contributed by atoms with van der Waals surface area (Å²) in [4.78, 5) is 0. The van der Waals surface area contributed by atoms with Gasteiger partial charge in [0.05, 0.1) is 16.6 Å². The summed E-state index contributed by atoms with van der Waals surface area (Å²) in [6.45, 7) is 0. The van der Waals surface area contributed by atoms with Gasteiger partial charge in [-0.15, -0.1) is 0 Å². The molecule has 0 spiro atoms. The molecule has 0 radical (unpaired) electrons. The second-order valence-electron chi connectivity index (χ2n) is 8.38. The largest absolute Gasteiger partial charge is 0.308 e.